The lowest BCUT2D eigenvalue weighted by Gasteiger charge is -2.31. The molecule has 14 N–H and O–H groups in total. The van der Waals surface area contributed by atoms with Crippen molar-refractivity contribution >= 4 is 156 Å². The fraction of sp³-hybridized carbons (Fsp3) is 0.838. The third kappa shape index (κ3) is 33.3. The maximum Gasteiger partial charge on any atom is 0.418 e. The molecule has 0 saturated carbocycles. The zero-order valence-electron chi connectivity index (χ0n) is 79.9. The average Bonchev–Trinajstić information content (AvgIpc) is 1.65. The van der Waals surface area contributed by atoms with Crippen LogP contribution in [0.1, 0.15) is 148 Å². The summed E-state index contributed by atoms with van der Waals surface area (Å²) in [6.45, 7) is 7.39. The molecule has 0 aliphatic carbocycles. The van der Waals surface area contributed by atoms with Crippen molar-refractivity contribution in [2.24, 2.45) is 0 Å². The van der Waals surface area contributed by atoms with E-state index < -0.39 is 222 Å². The molecule has 0 aromatic carbocycles. The molecule has 2 unspecified atom stereocenters. The van der Waals surface area contributed by atoms with E-state index >= 15 is 0 Å². The third-order valence-corrected chi connectivity index (χ3v) is 31.7. The van der Waals surface area contributed by atoms with E-state index in [0.717, 1.165) is 81.0 Å². The number of thioether (sulfide) groups is 1. The molecule has 0 aromatic rings. The number of fused-ring (bicyclic) bond motifs is 12. The molecule has 0 aromatic heterocycles. The number of ether oxygens (including phenoxy) is 2. The second-order valence-corrected chi connectivity index (χ2v) is 46.8. The first-order valence-electron chi connectivity index (χ1n) is 47.6. The number of urea groups is 6. The Labute approximate surface area is 858 Å². The van der Waals surface area contributed by atoms with Gasteiger partial charge >= 0.3 is 98.6 Å². The molecule has 18 saturated heterocycles. The highest BCUT2D eigenvalue weighted by Crippen LogP contribution is 2.39. The summed E-state index contributed by atoms with van der Waals surface area (Å²) in [5, 5.41) is 9.88. The van der Waals surface area contributed by atoms with Crippen molar-refractivity contribution in [3.8, 4) is 0 Å². The number of sulfone groups is 1. The van der Waals surface area contributed by atoms with Crippen LogP contribution in [0.3, 0.4) is 0 Å². The van der Waals surface area contributed by atoms with E-state index in [2.05, 4.69) is 74.1 Å². The lowest BCUT2D eigenvalue weighted by Crippen LogP contribution is -2.51. The summed E-state index contributed by atoms with van der Waals surface area (Å²) in [4.78, 5) is 189. The molecule has 0 spiro atoms. The van der Waals surface area contributed by atoms with Crippen LogP contribution >= 0.6 is 11.8 Å². The number of carbonyl (C=O) groups excluding carboxylic acids is 12. The van der Waals surface area contributed by atoms with Gasteiger partial charge in [-0.15, -0.1) is 25.7 Å². The van der Waals surface area contributed by atoms with E-state index in [1.807, 2.05) is 18.8 Å². The number of hydrogen-bond donors (Lipinski definition) is 14. The minimum atomic E-state index is -4.85. The van der Waals surface area contributed by atoms with Crippen LogP contribution in [0.15, 0.2) is 0 Å². The molecule has 67 nitrogen and oxygen atoms in total. The maximum absolute atomic E-state index is 12.4. The highest BCUT2D eigenvalue weighted by Gasteiger charge is 2.57. The molecule has 14 atom stereocenters. The Hall–Kier alpha value is -8.48. The van der Waals surface area contributed by atoms with Crippen molar-refractivity contribution in [2.45, 2.75) is 257 Å². The molecule has 12 bridgehead atoms. The normalized spacial score (nSPS) is 29.1. The highest BCUT2D eigenvalue weighted by atomic mass is 32.3. The molecule has 18 fully saturated rings. The van der Waals surface area contributed by atoms with Gasteiger partial charge in [-0.2, -0.15) is 92.6 Å². The molecule has 18 aliphatic rings. The van der Waals surface area contributed by atoms with Gasteiger partial charge in [0.05, 0.1) is 91.5 Å². The quantitative estimate of drug-likeness (QED) is 0.0235. The molecular formula is C74H121N21O46S8. The van der Waals surface area contributed by atoms with E-state index in [0.29, 0.717) is 160 Å². The number of likely N-dealkylation sites (tertiary alicyclic amines) is 1. The fourth-order valence-corrected chi connectivity index (χ4v) is 24.2. The third-order valence-electron chi connectivity index (χ3n) is 26.9. The Morgan fingerprint density at radius 2 is 0.570 bits per heavy atom. The van der Waals surface area contributed by atoms with Gasteiger partial charge < -0.3 is 54.4 Å². The zero-order chi connectivity index (χ0) is 108. The predicted octanol–water partition coefficient (Wildman–Crippen LogP) is -5.90. The van der Waals surface area contributed by atoms with Gasteiger partial charge in [-0.05, 0) is 173 Å². The van der Waals surface area contributed by atoms with Crippen LogP contribution in [0.2, 0.25) is 0 Å². The number of rotatable bonds is 30. The van der Waals surface area contributed by atoms with Gasteiger partial charge in [-0.3, -0.25) is 85.1 Å². The standard InChI is InChI=1S/2C13H22N4O7S.C12H20N4O8S.C12H19N3O9S2.C12H19N3O8S.C12H19N3O7S2/c1-15-6-4-10(5-7-15)23-14-12(18)11-3-2-9-8-16(11)13(19)17(9)24-25(20,21)22;18-12(15-23-10-3-1-2-6-14-7-10)11-5-4-9-8-16(11)13(19)17(9)24-25(20,21)22;17-11(14-23-9-5-13-3-4-22-7-9)10-2-1-8-6-15(10)12(18)16(8)24-25(19,20)21;16-11(13-23-9-3-5-25(18,19)6-4-9)10-2-1-8-7-14(10)12(17)15(8)24-26(20,21)22;16-11(13-22-9-3-5-21-6-4-9)10-2-1-8-7-14(10)12(17)15(8)23-24(18,19)20;16-11(13-21-9-3-5-23-6-4-9)10-2-1-8-7-14(10)12(17)15(8)22-24(18,19)20/h9-11H,2-8H2,1H3,(H,14,18)(H,20,21,22);9-11,14H,1-8H2,(H,15,18)(H,20,21,22);8-10,13H,1-7H2,(H,14,17)(H,19,20,21);8-10H,1-7H2,(H,13,16)(H,20,21,22);2*8-10H,1-7H2,(H,13,16)(H,18,19,20)/t9-,11+;9-,10?,11+;8-,9?,10+;3*8-,10+/m111111/s1. The Balaban J connectivity index is 0.000000149. The molecular weight excluding hydrogens is 2180 g/mol. The number of amides is 18. The average molecular weight is 2300 g/mol. The molecule has 75 heteroatoms. The van der Waals surface area contributed by atoms with Crippen LogP contribution in [0.4, 0.5) is 28.8 Å². The second kappa shape index (κ2) is 51.3. The number of hydrogen-bond acceptors (Lipinski definition) is 44. The van der Waals surface area contributed by atoms with Gasteiger partial charge in [0, 0.05) is 85.2 Å². The van der Waals surface area contributed by atoms with Crippen LogP contribution in [-0.4, -0.2) is 467 Å². The topological polar surface area (TPSA) is 833 Å². The van der Waals surface area contributed by atoms with E-state index in [1.165, 1.54) is 24.5 Å². The Kier molecular flexibility index (Phi) is 40.5. The van der Waals surface area contributed by atoms with Crippen LogP contribution in [0.25, 0.3) is 0 Å². The summed E-state index contributed by atoms with van der Waals surface area (Å²) in [5.41, 5.74) is 14.2. The first-order valence-corrected chi connectivity index (χ1v) is 58.7. The summed E-state index contributed by atoms with van der Waals surface area (Å²) < 4.78 is 242. The molecule has 18 heterocycles. The number of nitrogens with zero attached hydrogens (tertiary/aromatic N) is 13. The van der Waals surface area contributed by atoms with Crippen molar-refractivity contribution in [1.82, 2.24) is 108 Å². The lowest BCUT2D eigenvalue weighted by molar-refractivity contribution is -0.148. The van der Waals surface area contributed by atoms with Gasteiger partial charge in [0.2, 0.25) is 0 Å². The monoisotopic (exact) mass is 2300 g/mol. The first kappa shape index (κ1) is 118. The second-order valence-electron chi connectivity index (χ2n) is 37.3. The maximum atomic E-state index is 12.4. The minimum absolute atomic E-state index is 0.00874. The van der Waals surface area contributed by atoms with Gasteiger partial charge in [-0.25, -0.2) is 70.1 Å². The van der Waals surface area contributed by atoms with Crippen molar-refractivity contribution in [1.29, 1.82) is 0 Å². The van der Waals surface area contributed by atoms with Crippen molar-refractivity contribution in [3.05, 3.63) is 0 Å². The van der Waals surface area contributed by atoms with Crippen molar-refractivity contribution in [2.75, 3.05) is 135 Å². The number of piperidine rings is 7. The molecule has 18 aliphatic heterocycles. The molecule has 18 amide bonds. The molecule has 0 radical (unpaired) electrons. The summed E-state index contributed by atoms with van der Waals surface area (Å²) >= 11 is 1.84. The van der Waals surface area contributed by atoms with E-state index in [-0.39, 0.29) is 101 Å². The molecule has 149 heavy (non-hydrogen) atoms. The minimum Gasteiger partial charge on any atom is -0.381 e. The smallest absolute Gasteiger partial charge is 0.381 e. The van der Waals surface area contributed by atoms with Crippen molar-refractivity contribution in [3.63, 3.8) is 0 Å². The van der Waals surface area contributed by atoms with E-state index in [1.54, 1.807) is 0 Å². The Morgan fingerprint density at radius 3 is 0.866 bits per heavy atom. The highest BCUT2D eigenvalue weighted by molar-refractivity contribution is 7.99. The number of nitrogens with one attached hydrogen (secondary N) is 8. The van der Waals surface area contributed by atoms with Crippen LogP contribution < -0.4 is 43.5 Å². The Bertz CT molecular complexity index is 5390. The van der Waals surface area contributed by atoms with Gasteiger partial charge in [0.1, 0.15) is 42.4 Å². The largest absolute Gasteiger partial charge is 0.418 e. The summed E-state index contributed by atoms with van der Waals surface area (Å²) in [6, 6.07) is -12.6. The van der Waals surface area contributed by atoms with Gasteiger partial charge in [-0.1, -0.05) is 0 Å². The summed E-state index contributed by atoms with van der Waals surface area (Å²) in [5.74, 6) is -0.948. The molecule has 18 rings (SSSR count). The lowest BCUT2D eigenvalue weighted by atomic mass is 10.0. The molecule has 846 valence electrons. The van der Waals surface area contributed by atoms with Gasteiger partial charge in [0.15, 0.2) is 9.84 Å². The zero-order valence-corrected chi connectivity index (χ0v) is 86.4. The first-order chi connectivity index (χ1) is 70.2. The number of hydroxylamine groups is 18. The SMILES string of the molecule is CN1CCC(ONC(=O)[C@@H]2CC[C@@H]3CN2C(=O)N3OS(=O)(=O)O)CC1.O=C(NOC1CCCCNC1)[C@@H]1CC[C@@H]2CN1C(=O)N2OS(=O)(=O)O.O=C(NOC1CCOCC1)[C@@H]1CC[C@@H]2CN1C(=O)N2OS(=O)(=O)O.O=C(NOC1CCS(=O)(=O)CC1)[C@@H]1CC[C@@H]2CN1C(=O)N2OS(=O)(=O)O.O=C(NOC1CCSCC1)[C@@H]1CC[C@@H]2CN1C(=O)N2OS(=O)(=O)O.O=C(NOC1CNCCOC1)[C@@H]1CC[C@@H]2CN1C(=O)N2OS(=O)(=O)O. The Morgan fingerprint density at radius 1 is 0.315 bits per heavy atom. The van der Waals surface area contributed by atoms with Crippen LogP contribution in [-0.2, 0) is 165 Å². The predicted molar refractivity (Wildman–Crippen MR) is 490 cm³/mol. The van der Waals surface area contributed by atoms with Crippen molar-refractivity contribution < 1.29 is 208 Å². The van der Waals surface area contributed by atoms with Gasteiger partial charge in [0.25, 0.3) is 35.4 Å². The van der Waals surface area contributed by atoms with E-state index in [4.69, 9.17) is 65.8 Å². The van der Waals surface area contributed by atoms with Crippen LogP contribution in [0, 0.1) is 0 Å². The fourth-order valence-electron chi connectivity index (χ4n) is 19.4. The van der Waals surface area contributed by atoms with E-state index in [9.17, 15) is 116 Å². The summed E-state index contributed by atoms with van der Waals surface area (Å²) in [6.07, 6.45) is 11.1. The number of carbonyl (C=O) groups is 12. The summed E-state index contributed by atoms with van der Waals surface area (Å²) in [7, 11) is -29.9. The van der Waals surface area contributed by atoms with Crippen LogP contribution in [0.5, 0.6) is 0 Å².